The van der Waals surface area contributed by atoms with E-state index < -0.39 is 0 Å². The zero-order chi connectivity index (χ0) is 8.27. The number of hydrogen-bond acceptors (Lipinski definition) is 4. The van der Waals surface area contributed by atoms with Gasteiger partial charge in [-0.15, -0.1) is 0 Å². The molecule has 5 heteroatoms. The summed E-state index contributed by atoms with van der Waals surface area (Å²) in [5.41, 5.74) is 0. The number of piperazine rings is 1. The summed E-state index contributed by atoms with van der Waals surface area (Å²) in [7, 11) is 0. The zero-order valence-corrected chi connectivity index (χ0v) is 7.58. The van der Waals surface area contributed by atoms with E-state index in [1.807, 2.05) is 4.90 Å². The van der Waals surface area contributed by atoms with Crippen LogP contribution in [0.15, 0.2) is 0 Å². The third-order valence-electron chi connectivity index (χ3n) is 1.63. The van der Waals surface area contributed by atoms with Gasteiger partial charge in [0, 0.05) is 19.6 Å². The molecule has 0 aromatic carbocycles. The normalized spacial score (nSPS) is 24.7. The highest BCUT2D eigenvalue weighted by Gasteiger charge is 2.15. The molecule has 1 unspecified atom stereocenters. The van der Waals surface area contributed by atoms with Gasteiger partial charge in [-0.05, 0) is 0 Å². The summed E-state index contributed by atoms with van der Waals surface area (Å²) in [6, 6.07) is -0.107. The van der Waals surface area contributed by atoms with Crippen molar-refractivity contribution >= 4 is 35.5 Å². The van der Waals surface area contributed by atoms with E-state index in [0.717, 1.165) is 19.4 Å². The Balaban J connectivity index is 2.45. The first-order chi connectivity index (χ1) is 5.24. The van der Waals surface area contributed by atoms with Gasteiger partial charge >= 0.3 is 0 Å². The lowest BCUT2D eigenvalue weighted by atomic mass is 10.2. The number of nitrogens with zero attached hydrogens (tertiary/aromatic N) is 1. The summed E-state index contributed by atoms with van der Waals surface area (Å²) in [6.07, 6.45) is 0.889. The standard InChI is InChI=1S/C6H10N2OS2/c9-4-5-3-8(6(10)11)2-1-7-5/h4-5,7H,1-3H2,(H,10,11)/p-1. The van der Waals surface area contributed by atoms with E-state index in [2.05, 4.69) is 5.32 Å². The monoisotopic (exact) mass is 189 g/mol. The average Bonchev–Trinajstić information content (AvgIpc) is 2.05. The van der Waals surface area contributed by atoms with E-state index >= 15 is 0 Å². The smallest absolute Gasteiger partial charge is 0.138 e. The van der Waals surface area contributed by atoms with Crippen LogP contribution < -0.4 is 5.32 Å². The highest BCUT2D eigenvalue weighted by Crippen LogP contribution is 1.97. The van der Waals surface area contributed by atoms with Crippen LogP contribution in [0.25, 0.3) is 0 Å². The van der Waals surface area contributed by atoms with Crippen molar-refractivity contribution in [1.82, 2.24) is 10.2 Å². The zero-order valence-electron chi connectivity index (χ0n) is 5.95. The number of nitrogens with one attached hydrogen (secondary N) is 1. The minimum Gasteiger partial charge on any atom is -0.411 e. The molecular formula is C6H9N2OS2-. The number of hydrogen-bond donors (Lipinski definition) is 1. The number of carbonyl (C=O) groups is 1. The van der Waals surface area contributed by atoms with Gasteiger partial charge in [-0.3, -0.25) is 0 Å². The van der Waals surface area contributed by atoms with E-state index in [4.69, 9.17) is 24.8 Å². The molecule has 1 aliphatic rings. The summed E-state index contributed by atoms with van der Waals surface area (Å²) in [6.45, 7) is 2.21. The van der Waals surface area contributed by atoms with Gasteiger partial charge in [0.2, 0.25) is 0 Å². The third kappa shape index (κ3) is 2.36. The highest BCUT2D eigenvalue weighted by molar-refractivity contribution is 8.00. The van der Waals surface area contributed by atoms with E-state index in [0.29, 0.717) is 10.9 Å². The van der Waals surface area contributed by atoms with Crippen molar-refractivity contribution < 1.29 is 4.79 Å². The Kier molecular flexibility index (Phi) is 3.16. The van der Waals surface area contributed by atoms with Crippen molar-refractivity contribution in [3.05, 3.63) is 0 Å². The maximum atomic E-state index is 10.4. The molecule has 1 fully saturated rings. The Labute approximate surface area is 76.5 Å². The van der Waals surface area contributed by atoms with Crippen LogP contribution >= 0.6 is 12.2 Å². The molecule has 1 saturated heterocycles. The summed E-state index contributed by atoms with van der Waals surface area (Å²) < 4.78 is 0.457. The Hall–Kier alpha value is -0.260. The van der Waals surface area contributed by atoms with Crippen LogP contribution in [0, 0.1) is 0 Å². The fourth-order valence-electron chi connectivity index (χ4n) is 1.04. The Morgan fingerprint density at radius 1 is 1.82 bits per heavy atom. The fraction of sp³-hybridized carbons (Fsp3) is 0.667. The van der Waals surface area contributed by atoms with Gasteiger partial charge in [0.05, 0.1) is 6.04 Å². The van der Waals surface area contributed by atoms with E-state index in [9.17, 15) is 4.79 Å². The number of thiocarbonyl (C=S) groups is 1. The lowest BCUT2D eigenvalue weighted by molar-refractivity contribution is -0.110. The van der Waals surface area contributed by atoms with Gasteiger partial charge in [0.1, 0.15) is 6.29 Å². The molecule has 1 rings (SSSR count). The van der Waals surface area contributed by atoms with Crippen LogP contribution in [0.2, 0.25) is 0 Å². The second-order valence-electron chi connectivity index (χ2n) is 2.41. The minimum atomic E-state index is -0.107. The summed E-state index contributed by atoms with van der Waals surface area (Å²) in [5, 5.41) is 3.04. The molecule has 0 aromatic rings. The molecular weight excluding hydrogens is 180 g/mol. The van der Waals surface area contributed by atoms with E-state index in [1.165, 1.54) is 0 Å². The molecule has 1 N–H and O–H groups in total. The average molecular weight is 189 g/mol. The highest BCUT2D eigenvalue weighted by atomic mass is 32.1. The van der Waals surface area contributed by atoms with Crippen molar-refractivity contribution in [3.8, 4) is 0 Å². The molecule has 0 saturated carbocycles. The van der Waals surface area contributed by atoms with E-state index in [1.54, 1.807) is 0 Å². The first kappa shape index (κ1) is 8.83. The predicted molar refractivity (Wildman–Crippen MR) is 49.4 cm³/mol. The van der Waals surface area contributed by atoms with Crippen molar-refractivity contribution in [1.29, 1.82) is 0 Å². The minimum absolute atomic E-state index is 0.107. The Bertz CT molecular complexity index is 174. The van der Waals surface area contributed by atoms with E-state index in [-0.39, 0.29) is 6.04 Å². The molecule has 0 amide bonds. The van der Waals surface area contributed by atoms with Crippen molar-refractivity contribution in [2.45, 2.75) is 6.04 Å². The van der Waals surface area contributed by atoms with Gasteiger partial charge in [0.25, 0.3) is 0 Å². The number of aldehydes is 1. The van der Waals surface area contributed by atoms with Crippen molar-refractivity contribution in [3.63, 3.8) is 0 Å². The largest absolute Gasteiger partial charge is 0.411 e. The molecule has 11 heavy (non-hydrogen) atoms. The molecule has 3 nitrogen and oxygen atoms in total. The lowest BCUT2D eigenvalue weighted by Crippen LogP contribution is -2.52. The van der Waals surface area contributed by atoms with Crippen LogP contribution in [0.1, 0.15) is 0 Å². The molecule has 62 valence electrons. The summed E-state index contributed by atoms with van der Waals surface area (Å²) in [5.74, 6) is 0. The Morgan fingerprint density at radius 2 is 2.55 bits per heavy atom. The second-order valence-corrected chi connectivity index (χ2v) is 3.44. The van der Waals surface area contributed by atoms with Gasteiger partial charge in [-0.1, -0.05) is 4.32 Å². The molecule has 1 heterocycles. The van der Waals surface area contributed by atoms with Gasteiger partial charge in [-0.25, -0.2) is 0 Å². The van der Waals surface area contributed by atoms with Gasteiger partial charge < -0.3 is 39.9 Å². The first-order valence-electron chi connectivity index (χ1n) is 3.38. The van der Waals surface area contributed by atoms with Crippen LogP contribution in [0.5, 0.6) is 0 Å². The third-order valence-corrected chi connectivity index (χ3v) is 2.14. The molecule has 0 bridgehead atoms. The van der Waals surface area contributed by atoms with Crippen molar-refractivity contribution in [2.75, 3.05) is 19.6 Å². The summed E-state index contributed by atoms with van der Waals surface area (Å²) in [4.78, 5) is 12.2. The quantitative estimate of drug-likeness (QED) is 0.335. The molecule has 1 aliphatic heterocycles. The summed E-state index contributed by atoms with van der Waals surface area (Å²) >= 11 is 9.63. The second kappa shape index (κ2) is 3.94. The molecule has 0 radical (unpaired) electrons. The van der Waals surface area contributed by atoms with Crippen LogP contribution in [0.3, 0.4) is 0 Å². The maximum Gasteiger partial charge on any atom is 0.138 e. The van der Waals surface area contributed by atoms with Gasteiger partial charge in [0.15, 0.2) is 0 Å². The molecule has 1 atom stereocenters. The maximum absolute atomic E-state index is 10.4. The lowest BCUT2D eigenvalue weighted by Gasteiger charge is -2.35. The van der Waals surface area contributed by atoms with Crippen LogP contribution in [-0.2, 0) is 17.4 Å². The Morgan fingerprint density at radius 3 is 3.09 bits per heavy atom. The predicted octanol–water partition coefficient (Wildman–Crippen LogP) is -0.709. The first-order valence-corrected chi connectivity index (χ1v) is 4.20. The molecule has 0 aromatic heterocycles. The topological polar surface area (TPSA) is 32.3 Å². The van der Waals surface area contributed by atoms with Crippen LogP contribution in [-0.4, -0.2) is 41.2 Å². The van der Waals surface area contributed by atoms with Crippen molar-refractivity contribution in [2.24, 2.45) is 0 Å². The number of carbonyl (C=O) groups excluding carboxylic acids is 1. The fourth-order valence-corrected chi connectivity index (χ4v) is 1.37. The molecule has 0 spiro atoms. The van der Waals surface area contributed by atoms with Crippen LogP contribution in [0.4, 0.5) is 0 Å². The van der Waals surface area contributed by atoms with Gasteiger partial charge in [-0.2, -0.15) is 0 Å². The SMILES string of the molecule is O=CC1CN(C(=S)[S-])CCN1. The molecule has 0 aliphatic carbocycles. The number of rotatable bonds is 1.